The smallest absolute Gasteiger partial charge is 0.243 e. The summed E-state index contributed by atoms with van der Waals surface area (Å²) >= 11 is 5.95. The van der Waals surface area contributed by atoms with E-state index in [-0.39, 0.29) is 23.9 Å². The number of ether oxygens (including phenoxy) is 1. The van der Waals surface area contributed by atoms with Gasteiger partial charge in [0.15, 0.2) is 0 Å². The molecule has 1 fully saturated rings. The first-order valence-electron chi connectivity index (χ1n) is 9.36. The zero-order valence-corrected chi connectivity index (χ0v) is 18.3. The number of benzene rings is 2. The molecule has 2 aromatic carbocycles. The van der Waals surface area contributed by atoms with Crippen LogP contribution in [0, 0.1) is 0 Å². The molecule has 0 saturated carbocycles. The quantitative estimate of drug-likeness (QED) is 0.722. The first-order chi connectivity index (χ1) is 13.7. The summed E-state index contributed by atoms with van der Waals surface area (Å²) in [4.78, 5) is 15.1. The Morgan fingerprint density at radius 3 is 2.03 bits per heavy atom. The zero-order chi connectivity index (χ0) is 21.2. The van der Waals surface area contributed by atoms with Gasteiger partial charge in [-0.1, -0.05) is 23.7 Å². The summed E-state index contributed by atoms with van der Waals surface area (Å²) in [6.07, 6.45) is 0. The molecule has 8 heteroatoms. The van der Waals surface area contributed by atoms with Crippen molar-refractivity contribution in [2.24, 2.45) is 0 Å². The third-order valence-corrected chi connectivity index (χ3v) is 7.49. The Labute approximate surface area is 177 Å². The molecule has 1 heterocycles. The predicted molar refractivity (Wildman–Crippen MR) is 113 cm³/mol. The van der Waals surface area contributed by atoms with Gasteiger partial charge < -0.3 is 9.64 Å². The number of hydrogen-bond acceptors (Lipinski definition) is 4. The van der Waals surface area contributed by atoms with Gasteiger partial charge in [0.1, 0.15) is 5.75 Å². The predicted octanol–water partition coefficient (Wildman–Crippen LogP) is 3.16. The van der Waals surface area contributed by atoms with E-state index in [9.17, 15) is 13.2 Å². The lowest BCUT2D eigenvalue weighted by atomic mass is 9.83. The second kappa shape index (κ2) is 8.34. The number of rotatable bonds is 5. The molecule has 156 valence electrons. The van der Waals surface area contributed by atoms with Gasteiger partial charge in [0.2, 0.25) is 15.9 Å². The van der Waals surface area contributed by atoms with E-state index in [1.807, 2.05) is 26.0 Å². The largest absolute Gasteiger partial charge is 0.497 e. The lowest BCUT2D eigenvalue weighted by molar-refractivity contribution is -0.137. The molecule has 1 aliphatic rings. The molecule has 6 nitrogen and oxygen atoms in total. The van der Waals surface area contributed by atoms with Crippen LogP contribution >= 0.6 is 11.6 Å². The molecule has 0 aromatic heterocycles. The Hall–Kier alpha value is -2.09. The number of sulfonamides is 1. The van der Waals surface area contributed by atoms with Crippen molar-refractivity contribution in [3.8, 4) is 5.75 Å². The summed E-state index contributed by atoms with van der Waals surface area (Å²) < 4.78 is 32.3. The Bertz CT molecular complexity index is 965. The van der Waals surface area contributed by atoms with E-state index in [2.05, 4.69) is 0 Å². The minimum absolute atomic E-state index is 0.0266. The van der Waals surface area contributed by atoms with Gasteiger partial charge >= 0.3 is 0 Å². The van der Waals surface area contributed by atoms with Crippen LogP contribution in [0.15, 0.2) is 53.4 Å². The average Bonchev–Trinajstić information content (AvgIpc) is 2.73. The lowest BCUT2D eigenvalue weighted by Crippen LogP contribution is -2.54. The van der Waals surface area contributed by atoms with Crippen LogP contribution in [0.3, 0.4) is 0 Å². The fraction of sp³-hybridized carbons (Fsp3) is 0.381. The molecule has 1 saturated heterocycles. The van der Waals surface area contributed by atoms with Crippen LogP contribution in [0.2, 0.25) is 5.02 Å². The van der Waals surface area contributed by atoms with Crippen molar-refractivity contribution < 1.29 is 17.9 Å². The highest BCUT2D eigenvalue weighted by Gasteiger charge is 2.37. The lowest BCUT2D eigenvalue weighted by Gasteiger charge is -2.38. The van der Waals surface area contributed by atoms with Crippen LogP contribution in [0.4, 0.5) is 0 Å². The minimum Gasteiger partial charge on any atom is -0.497 e. The monoisotopic (exact) mass is 436 g/mol. The van der Waals surface area contributed by atoms with Crippen LogP contribution in [0.25, 0.3) is 0 Å². The number of halogens is 1. The van der Waals surface area contributed by atoms with Gasteiger partial charge in [-0.05, 0) is 55.8 Å². The topological polar surface area (TPSA) is 66.9 Å². The van der Waals surface area contributed by atoms with Crippen LogP contribution in [0.1, 0.15) is 19.4 Å². The highest BCUT2D eigenvalue weighted by Crippen LogP contribution is 2.28. The first kappa shape index (κ1) is 21.6. The van der Waals surface area contributed by atoms with Crippen molar-refractivity contribution in [1.82, 2.24) is 9.21 Å². The van der Waals surface area contributed by atoms with Gasteiger partial charge in [-0.2, -0.15) is 4.31 Å². The van der Waals surface area contributed by atoms with E-state index >= 15 is 0 Å². The van der Waals surface area contributed by atoms with E-state index in [1.165, 1.54) is 23.5 Å². The van der Waals surface area contributed by atoms with E-state index in [4.69, 9.17) is 16.3 Å². The number of carbonyl (C=O) groups is 1. The molecule has 3 rings (SSSR count). The minimum atomic E-state index is -3.60. The van der Waals surface area contributed by atoms with E-state index in [0.717, 1.165) is 5.56 Å². The average molecular weight is 437 g/mol. The Morgan fingerprint density at radius 1 is 0.966 bits per heavy atom. The standard InChI is InChI=1S/C21H25ClN2O4S/c1-21(2,16-4-6-17(22)7-5-16)20(25)23-12-14-24(15-13-23)29(26,27)19-10-8-18(28-3)9-11-19/h4-11H,12-15H2,1-3H3. The third kappa shape index (κ3) is 4.42. The summed E-state index contributed by atoms with van der Waals surface area (Å²) in [6.45, 7) is 4.97. The molecular weight excluding hydrogens is 412 g/mol. The number of hydrogen-bond donors (Lipinski definition) is 0. The maximum Gasteiger partial charge on any atom is 0.243 e. The number of piperazine rings is 1. The fourth-order valence-electron chi connectivity index (χ4n) is 3.41. The second-order valence-corrected chi connectivity index (χ2v) is 9.88. The summed E-state index contributed by atoms with van der Waals surface area (Å²) in [7, 11) is -2.07. The third-order valence-electron chi connectivity index (χ3n) is 5.32. The van der Waals surface area contributed by atoms with Crippen molar-refractivity contribution in [2.75, 3.05) is 33.3 Å². The summed E-state index contributed by atoms with van der Waals surface area (Å²) in [6, 6.07) is 13.6. The fourth-order valence-corrected chi connectivity index (χ4v) is 4.96. The summed E-state index contributed by atoms with van der Waals surface area (Å²) in [5, 5.41) is 0.620. The van der Waals surface area contributed by atoms with Crippen LogP contribution in [0.5, 0.6) is 5.75 Å². The van der Waals surface area contributed by atoms with Gasteiger partial charge in [-0.25, -0.2) is 8.42 Å². The number of amides is 1. The second-order valence-electron chi connectivity index (χ2n) is 7.50. The van der Waals surface area contributed by atoms with Crippen molar-refractivity contribution >= 4 is 27.5 Å². The molecule has 0 N–H and O–H groups in total. The molecule has 29 heavy (non-hydrogen) atoms. The molecule has 1 aliphatic heterocycles. The van der Waals surface area contributed by atoms with Crippen molar-refractivity contribution in [2.45, 2.75) is 24.2 Å². The van der Waals surface area contributed by atoms with Gasteiger partial charge in [0, 0.05) is 31.2 Å². The van der Waals surface area contributed by atoms with Crippen LogP contribution in [-0.4, -0.2) is 56.8 Å². The number of methoxy groups -OCH3 is 1. The van der Waals surface area contributed by atoms with Gasteiger partial charge in [0.05, 0.1) is 17.4 Å². The molecular formula is C21H25ClN2O4S. The molecule has 0 atom stereocenters. The molecule has 0 unspecified atom stereocenters. The molecule has 0 spiro atoms. The molecule has 0 aliphatic carbocycles. The van der Waals surface area contributed by atoms with Crippen LogP contribution in [-0.2, 0) is 20.2 Å². The highest BCUT2D eigenvalue weighted by atomic mass is 35.5. The maximum absolute atomic E-state index is 13.1. The SMILES string of the molecule is COc1ccc(S(=O)(=O)N2CCN(C(=O)C(C)(C)c3ccc(Cl)cc3)CC2)cc1. The van der Waals surface area contributed by atoms with E-state index in [1.54, 1.807) is 29.2 Å². The van der Waals surface area contributed by atoms with Gasteiger partial charge in [0.25, 0.3) is 0 Å². The summed E-state index contributed by atoms with van der Waals surface area (Å²) in [5.74, 6) is 0.574. The van der Waals surface area contributed by atoms with E-state index < -0.39 is 15.4 Å². The Morgan fingerprint density at radius 2 is 1.52 bits per heavy atom. The molecule has 2 aromatic rings. The maximum atomic E-state index is 13.1. The zero-order valence-electron chi connectivity index (χ0n) is 16.8. The van der Waals surface area contributed by atoms with E-state index in [0.29, 0.717) is 23.9 Å². The molecule has 0 bridgehead atoms. The number of nitrogens with zero attached hydrogens (tertiary/aromatic N) is 2. The van der Waals surface area contributed by atoms with Crippen molar-refractivity contribution in [3.05, 3.63) is 59.1 Å². The Kier molecular flexibility index (Phi) is 6.22. The number of carbonyl (C=O) groups excluding carboxylic acids is 1. The van der Waals surface area contributed by atoms with Crippen LogP contribution < -0.4 is 4.74 Å². The molecule has 1 amide bonds. The van der Waals surface area contributed by atoms with Gasteiger partial charge in [-0.15, -0.1) is 0 Å². The Balaban J connectivity index is 1.69. The first-order valence-corrected chi connectivity index (χ1v) is 11.2. The summed E-state index contributed by atoms with van der Waals surface area (Å²) in [5.41, 5.74) is 0.155. The normalized spacial score (nSPS) is 15.9. The van der Waals surface area contributed by atoms with Crippen molar-refractivity contribution in [1.29, 1.82) is 0 Å². The van der Waals surface area contributed by atoms with Gasteiger partial charge in [-0.3, -0.25) is 4.79 Å². The highest BCUT2D eigenvalue weighted by molar-refractivity contribution is 7.89. The van der Waals surface area contributed by atoms with Crippen molar-refractivity contribution in [3.63, 3.8) is 0 Å². The molecule has 0 radical (unpaired) electrons.